The van der Waals surface area contributed by atoms with Crippen molar-refractivity contribution in [3.63, 3.8) is 0 Å². The summed E-state index contributed by atoms with van der Waals surface area (Å²) in [6.45, 7) is 6.84. The highest BCUT2D eigenvalue weighted by molar-refractivity contribution is 7.17. The number of hydrogen-bond donors (Lipinski definition) is 0. The standard InChI is InChI=1S/C38H43NS2/c1-4-6-8-12-18-29-24-28(3)40-37(29)35-26-36(34-23-17-11-16-22-33(34)35)38-30(19-13-9-7-5-2)25-32(41-38)27-39-31-20-14-10-15-21-31/h10-11,14-17,20-27H,4-9,12-13,18-19H2,1-3H3. The summed E-state index contributed by atoms with van der Waals surface area (Å²) < 4.78 is 0. The van der Waals surface area contributed by atoms with Crippen LogP contribution in [0.15, 0.2) is 83.9 Å². The van der Waals surface area contributed by atoms with Gasteiger partial charge in [0.05, 0.1) is 5.69 Å². The number of unbranched alkanes of at least 4 members (excludes halogenated alkanes) is 6. The summed E-state index contributed by atoms with van der Waals surface area (Å²) >= 11 is 3.87. The second kappa shape index (κ2) is 14.8. The van der Waals surface area contributed by atoms with E-state index in [2.05, 4.69) is 87.6 Å². The molecule has 0 unspecified atom stereocenters. The molecule has 0 radical (unpaired) electrons. The molecule has 2 aromatic heterocycles. The first-order valence-electron chi connectivity index (χ1n) is 15.5. The normalized spacial score (nSPS) is 11.7. The summed E-state index contributed by atoms with van der Waals surface area (Å²) in [6.07, 6.45) is 14.6. The summed E-state index contributed by atoms with van der Waals surface area (Å²) in [5, 5.41) is 0. The molecule has 41 heavy (non-hydrogen) atoms. The van der Waals surface area contributed by atoms with E-state index in [-0.39, 0.29) is 0 Å². The van der Waals surface area contributed by atoms with Crippen molar-refractivity contribution in [2.24, 2.45) is 4.99 Å². The molecule has 0 atom stereocenters. The van der Waals surface area contributed by atoms with Crippen molar-refractivity contribution in [1.82, 2.24) is 0 Å². The number of hydrogen-bond acceptors (Lipinski definition) is 3. The summed E-state index contributed by atoms with van der Waals surface area (Å²) in [4.78, 5) is 10.3. The van der Waals surface area contributed by atoms with Crippen molar-refractivity contribution < 1.29 is 0 Å². The van der Waals surface area contributed by atoms with Crippen LogP contribution in [0.3, 0.4) is 0 Å². The number of para-hydroxylation sites is 1. The van der Waals surface area contributed by atoms with Crippen molar-refractivity contribution in [3.8, 4) is 32.0 Å². The first kappa shape index (κ1) is 29.5. The van der Waals surface area contributed by atoms with Crippen LogP contribution in [0.4, 0.5) is 5.69 Å². The first-order chi connectivity index (χ1) is 20.2. The summed E-state index contributed by atoms with van der Waals surface area (Å²) in [6, 6.07) is 28.8. The van der Waals surface area contributed by atoms with E-state index in [1.807, 2.05) is 40.9 Å². The molecule has 3 heteroatoms. The summed E-state index contributed by atoms with van der Waals surface area (Å²) in [5.41, 5.74) is 9.49. The molecular formula is C38H43NS2. The van der Waals surface area contributed by atoms with Crippen LogP contribution in [0.2, 0.25) is 0 Å². The van der Waals surface area contributed by atoms with Crippen LogP contribution in [-0.4, -0.2) is 6.21 Å². The highest BCUT2D eigenvalue weighted by Crippen LogP contribution is 2.49. The molecule has 212 valence electrons. The average molecular weight is 578 g/mol. The van der Waals surface area contributed by atoms with Crippen molar-refractivity contribution >= 4 is 34.6 Å². The second-order valence-corrected chi connectivity index (χ2v) is 13.5. The number of rotatable bonds is 14. The van der Waals surface area contributed by atoms with E-state index in [0.29, 0.717) is 0 Å². The maximum absolute atomic E-state index is 4.80. The maximum Gasteiger partial charge on any atom is 0.0630 e. The molecule has 2 heterocycles. The lowest BCUT2D eigenvalue weighted by molar-refractivity contribution is 0.668. The maximum atomic E-state index is 4.80. The highest BCUT2D eigenvalue weighted by atomic mass is 32.1. The van der Waals surface area contributed by atoms with Gasteiger partial charge in [0.1, 0.15) is 0 Å². The van der Waals surface area contributed by atoms with Crippen LogP contribution in [0, 0.1) is 6.92 Å². The fourth-order valence-electron chi connectivity index (χ4n) is 5.74. The Hall–Kier alpha value is -3.01. The molecular weight excluding hydrogens is 535 g/mol. The van der Waals surface area contributed by atoms with Gasteiger partial charge in [0.25, 0.3) is 0 Å². The molecule has 0 saturated heterocycles. The SMILES string of the molecule is CCCCCCc1cc(C)sc1-c1cc(-c2sc(C=Nc3ccccc3)cc2CCCCCC)c2cccccc1-2. The Kier molecular flexibility index (Phi) is 10.6. The number of thiophene rings is 2. The van der Waals surface area contributed by atoms with Gasteiger partial charge in [-0.2, -0.15) is 0 Å². The molecule has 5 rings (SSSR count). The van der Waals surface area contributed by atoms with E-state index in [0.717, 1.165) is 12.1 Å². The lowest BCUT2D eigenvalue weighted by Crippen LogP contribution is -1.86. The Labute approximate surface area is 255 Å². The zero-order valence-corrected chi connectivity index (χ0v) is 26.6. The molecule has 0 saturated carbocycles. The molecule has 3 aromatic rings. The van der Waals surface area contributed by atoms with Crippen molar-refractivity contribution in [2.75, 3.05) is 0 Å². The summed E-state index contributed by atoms with van der Waals surface area (Å²) in [5.74, 6) is 0. The molecule has 0 N–H and O–H groups in total. The molecule has 0 aliphatic heterocycles. The third-order valence-corrected chi connectivity index (χ3v) is 10.1. The quantitative estimate of drug-likeness (QED) is 0.0919. The van der Waals surface area contributed by atoms with E-state index in [4.69, 9.17) is 4.99 Å². The van der Waals surface area contributed by atoms with E-state index in [1.54, 1.807) is 0 Å². The molecule has 2 aliphatic carbocycles. The van der Waals surface area contributed by atoms with Gasteiger partial charge in [-0.05, 0) is 85.2 Å². The van der Waals surface area contributed by atoms with Crippen molar-refractivity contribution in [1.29, 1.82) is 0 Å². The van der Waals surface area contributed by atoms with Gasteiger partial charge in [0.2, 0.25) is 0 Å². The topological polar surface area (TPSA) is 12.4 Å². The summed E-state index contributed by atoms with van der Waals surface area (Å²) in [7, 11) is 0. The number of benzene rings is 1. The zero-order valence-electron chi connectivity index (χ0n) is 24.9. The Bertz CT molecular complexity index is 1520. The third kappa shape index (κ3) is 7.45. The minimum Gasteiger partial charge on any atom is -0.255 e. The Morgan fingerprint density at radius 2 is 1.15 bits per heavy atom. The Balaban J connectivity index is 1.56. The second-order valence-electron chi connectivity index (χ2n) is 11.1. The van der Waals surface area contributed by atoms with Crippen LogP contribution in [0.1, 0.15) is 86.1 Å². The largest absolute Gasteiger partial charge is 0.255 e. The molecule has 0 bridgehead atoms. The van der Waals surface area contributed by atoms with Gasteiger partial charge < -0.3 is 0 Å². The number of aliphatic imine (C=N–C) groups is 1. The van der Waals surface area contributed by atoms with E-state index in [9.17, 15) is 0 Å². The van der Waals surface area contributed by atoms with Crippen LogP contribution in [0.25, 0.3) is 32.0 Å². The van der Waals surface area contributed by atoms with Crippen molar-refractivity contribution in [3.05, 3.63) is 99.7 Å². The highest BCUT2D eigenvalue weighted by Gasteiger charge is 2.23. The molecule has 0 fully saturated rings. The molecule has 0 spiro atoms. The van der Waals surface area contributed by atoms with Crippen LogP contribution < -0.4 is 0 Å². The van der Waals surface area contributed by atoms with Gasteiger partial charge in [-0.3, -0.25) is 4.99 Å². The molecule has 1 aromatic carbocycles. The lowest BCUT2D eigenvalue weighted by atomic mass is 10.0. The lowest BCUT2D eigenvalue weighted by Gasteiger charge is -2.05. The predicted molar refractivity (Wildman–Crippen MR) is 184 cm³/mol. The smallest absolute Gasteiger partial charge is 0.0630 e. The molecule has 2 aliphatic rings. The number of aryl methyl sites for hydroxylation is 3. The fourth-order valence-corrected chi connectivity index (χ4v) is 7.94. The van der Waals surface area contributed by atoms with Gasteiger partial charge in [-0.1, -0.05) is 101 Å². The van der Waals surface area contributed by atoms with E-state index >= 15 is 0 Å². The van der Waals surface area contributed by atoms with E-state index < -0.39 is 0 Å². The van der Waals surface area contributed by atoms with Crippen LogP contribution >= 0.6 is 22.7 Å². The van der Waals surface area contributed by atoms with E-state index in [1.165, 1.54) is 111 Å². The van der Waals surface area contributed by atoms with Crippen LogP contribution in [-0.2, 0) is 12.8 Å². The average Bonchev–Trinajstić information content (AvgIpc) is 3.61. The number of nitrogens with zero attached hydrogens (tertiary/aromatic N) is 1. The van der Waals surface area contributed by atoms with Gasteiger partial charge >= 0.3 is 0 Å². The van der Waals surface area contributed by atoms with Gasteiger partial charge in [-0.25, -0.2) is 0 Å². The van der Waals surface area contributed by atoms with Gasteiger partial charge in [0.15, 0.2) is 0 Å². The van der Waals surface area contributed by atoms with Gasteiger partial charge in [0, 0.05) is 36.9 Å². The minimum absolute atomic E-state index is 1.000. The Morgan fingerprint density at radius 3 is 1.76 bits per heavy atom. The van der Waals surface area contributed by atoms with Crippen LogP contribution in [0.5, 0.6) is 0 Å². The monoisotopic (exact) mass is 577 g/mol. The van der Waals surface area contributed by atoms with Gasteiger partial charge in [-0.15, -0.1) is 22.7 Å². The third-order valence-electron chi connectivity index (χ3n) is 7.85. The zero-order chi connectivity index (χ0) is 28.4. The van der Waals surface area contributed by atoms with Crippen molar-refractivity contribution in [2.45, 2.75) is 85.0 Å². The molecule has 0 amide bonds. The molecule has 1 nitrogen and oxygen atoms in total. The predicted octanol–water partition coefficient (Wildman–Crippen LogP) is 12.6. The minimum atomic E-state index is 1.000. The fraction of sp³-hybridized carbons (Fsp3) is 0.342. The Morgan fingerprint density at radius 1 is 0.585 bits per heavy atom. The number of fused-ring (bicyclic) bond motifs is 1. The first-order valence-corrected chi connectivity index (χ1v) is 17.1.